The Kier molecular flexibility index (Phi) is 5.30. The molecule has 1 atom stereocenters. The quantitative estimate of drug-likeness (QED) is 0.759. The lowest BCUT2D eigenvalue weighted by molar-refractivity contribution is -0.661. The zero-order valence-corrected chi connectivity index (χ0v) is 16.2. The molecule has 0 spiro atoms. The number of β-amino-alcohol motifs (C(OH)–C–C–N with tert-alkyl or cyclic N) is 1. The monoisotopic (exact) mass is 400 g/mol. The maximum atomic E-state index is 11.6. The van der Waals surface area contributed by atoms with Crippen molar-refractivity contribution >= 4 is 11.5 Å². The van der Waals surface area contributed by atoms with Gasteiger partial charge in [0, 0.05) is 12.0 Å². The standard InChI is InChI=1S/C21H25N2O.BrH/c1-2-17-11-13-19(14-12-17)22-16-21(24,18-8-4-3-5-9-18)23-15-7-6-10-20(22)23;/h3-5,8-9,11-14,24H,2,6-7,10,15-16H2,1H3;1H/q+1;/p-1. The summed E-state index contributed by atoms with van der Waals surface area (Å²) in [5.74, 6) is 1.26. The van der Waals surface area contributed by atoms with Crippen LogP contribution in [0.4, 0.5) is 5.69 Å². The molecular weight excluding hydrogens is 376 g/mol. The van der Waals surface area contributed by atoms with Gasteiger partial charge in [0.1, 0.15) is 5.69 Å². The van der Waals surface area contributed by atoms with Crippen molar-refractivity contribution in [3.8, 4) is 0 Å². The van der Waals surface area contributed by atoms with Crippen LogP contribution in [-0.4, -0.2) is 28.6 Å². The van der Waals surface area contributed by atoms with E-state index in [-0.39, 0.29) is 17.0 Å². The molecule has 0 aromatic heterocycles. The van der Waals surface area contributed by atoms with E-state index in [1.807, 2.05) is 30.3 Å². The van der Waals surface area contributed by atoms with Gasteiger partial charge in [-0.05, 0) is 37.0 Å². The average molecular weight is 401 g/mol. The van der Waals surface area contributed by atoms with Crippen molar-refractivity contribution in [2.45, 2.75) is 38.3 Å². The van der Waals surface area contributed by atoms with Crippen LogP contribution < -0.4 is 21.9 Å². The topological polar surface area (TPSA) is 26.5 Å². The molecule has 2 heterocycles. The highest BCUT2D eigenvalue weighted by Gasteiger charge is 2.52. The molecule has 0 radical (unpaired) electrons. The number of amidine groups is 1. The minimum atomic E-state index is -0.930. The van der Waals surface area contributed by atoms with Crippen LogP contribution in [0.15, 0.2) is 54.6 Å². The van der Waals surface area contributed by atoms with Crippen LogP contribution in [0.25, 0.3) is 0 Å². The molecule has 2 aromatic carbocycles. The fourth-order valence-electron chi connectivity index (χ4n) is 4.00. The van der Waals surface area contributed by atoms with Crippen molar-refractivity contribution in [2.75, 3.05) is 18.0 Å². The average Bonchev–Trinajstić information content (AvgIpc) is 2.97. The Bertz CT molecular complexity index is 757. The van der Waals surface area contributed by atoms with Crippen molar-refractivity contribution in [1.29, 1.82) is 0 Å². The molecule has 4 rings (SSSR count). The van der Waals surface area contributed by atoms with Crippen molar-refractivity contribution in [2.24, 2.45) is 0 Å². The first kappa shape index (κ1) is 18.2. The predicted octanol–water partition coefficient (Wildman–Crippen LogP) is 0.513. The highest BCUT2D eigenvalue weighted by atomic mass is 79.9. The second kappa shape index (κ2) is 7.30. The SMILES string of the molecule is CCc1ccc(N2CC(O)(c3ccccc3)[N+]3=C2CCCC3)cc1.[Br-]. The number of benzene rings is 2. The van der Waals surface area contributed by atoms with Gasteiger partial charge in [-0.3, -0.25) is 0 Å². The molecular formula is C21H25BrN2O. The van der Waals surface area contributed by atoms with Crippen LogP contribution in [-0.2, 0) is 12.1 Å². The van der Waals surface area contributed by atoms with Gasteiger partial charge in [-0.25, -0.2) is 9.48 Å². The molecule has 2 aromatic rings. The summed E-state index contributed by atoms with van der Waals surface area (Å²) in [7, 11) is 0. The van der Waals surface area contributed by atoms with Gasteiger partial charge >= 0.3 is 0 Å². The van der Waals surface area contributed by atoms with Gasteiger partial charge in [-0.1, -0.05) is 49.4 Å². The molecule has 1 N–H and O–H groups in total. The van der Waals surface area contributed by atoms with Crippen LogP contribution >= 0.6 is 0 Å². The summed E-state index contributed by atoms with van der Waals surface area (Å²) >= 11 is 0. The minimum Gasteiger partial charge on any atom is -1.00 e. The summed E-state index contributed by atoms with van der Waals surface area (Å²) in [5, 5.41) is 11.6. The van der Waals surface area contributed by atoms with Crippen molar-refractivity contribution in [3.05, 3.63) is 65.7 Å². The van der Waals surface area contributed by atoms with E-state index in [2.05, 4.69) is 40.7 Å². The fourth-order valence-corrected chi connectivity index (χ4v) is 4.00. The maximum absolute atomic E-state index is 11.6. The Labute approximate surface area is 160 Å². The highest BCUT2D eigenvalue weighted by Crippen LogP contribution is 2.35. The number of hydrogen-bond acceptors (Lipinski definition) is 2. The molecule has 132 valence electrons. The lowest BCUT2D eigenvalue weighted by atomic mass is 10.0. The number of halogens is 1. The van der Waals surface area contributed by atoms with E-state index in [0.29, 0.717) is 6.54 Å². The Hall–Kier alpha value is -1.65. The number of rotatable bonds is 3. The van der Waals surface area contributed by atoms with Crippen molar-refractivity contribution < 1.29 is 26.7 Å². The summed E-state index contributed by atoms with van der Waals surface area (Å²) < 4.78 is 2.22. The lowest BCUT2D eigenvalue weighted by Gasteiger charge is -2.24. The first-order valence-electron chi connectivity index (χ1n) is 9.00. The zero-order valence-electron chi connectivity index (χ0n) is 14.7. The van der Waals surface area contributed by atoms with Gasteiger partial charge in [-0.2, -0.15) is 0 Å². The summed E-state index contributed by atoms with van der Waals surface area (Å²) in [6.07, 6.45) is 4.42. The Balaban J connectivity index is 0.00000182. The second-order valence-electron chi connectivity index (χ2n) is 6.81. The van der Waals surface area contributed by atoms with Gasteiger partial charge in [0.2, 0.25) is 0 Å². The van der Waals surface area contributed by atoms with Gasteiger partial charge in [0.05, 0.1) is 6.54 Å². The molecule has 25 heavy (non-hydrogen) atoms. The summed E-state index contributed by atoms with van der Waals surface area (Å²) in [6, 6.07) is 18.9. The van der Waals surface area contributed by atoms with Crippen LogP contribution in [0.3, 0.4) is 0 Å². The van der Waals surface area contributed by atoms with E-state index in [4.69, 9.17) is 0 Å². The maximum Gasteiger partial charge on any atom is 0.271 e. The van der Waals surface area contributed by atoms with Gasteiger partial charge in [0.25, 0.3) is 11.6 Å². The largest absolute Gasteiger partial charge is 1.00 e. The normalized spacial score (nSPS) is 22.6. The number of anilines is 1. The Morgan fingerprint density at radius 3 is 2.44 bits per heavy atom. The number of nitrogens with zero attached hydrogens (tertiary/aromatic N) is 2. The molecule has 0 fully saturated rings. The third-order valence-corrected chi connectivity index (χ3v) is 5.37. The highest BCUT2D eigenvalue weighted by molar-refractivity contribution is 5.96. The number of aliphatic hydroxyl groups is 1. The van der Waals surface area contributed by atoms with Crippen molar-refractivity contribution in [3.63, 3.8) is 0 Å². The number of hydrogen-bond donors (Lipinski definition) is 1. The van der Waals surface area contributed by atoms with E-state index in [9.17, 15) is 5.11 Å². The molecule has 2 aliphatic rings. The van der Waals surface area contributed by atoms with E-state index in [0.717, 1.165) is 31.4 Å². The third-order valence-electron chi connectivity index (χ3n) is 5.37. The molecule has 4 heteroatoms. The molecule has 0 aliphatic carbocycles. The molecule has 0 bridgehead atoms. The lowest BCUT2D eigenvalue weighted by Crippen LogP contribution is -3.00. The molecule has 1 unspecified atom stereocenters. The van der Waals surface area contributed by atoms with Crippen LogP contribution in [0.2, 0.25) is 0 Å². The van der Waals surface area contributed by atoms with E-state index >= 15 is 0 Å². The molecule has 0 saturated heterocycles. The van der Waals surface area contributed by atoms with E-state index < -0.39 is 5.72 Å². The number of aryl methyl sites for hydroxylation is 1. The fraction of sp³-hybridized carbons (Fsp3) is 0.381. The van der Waals surface area contributed by atoms with E-state index in [1.54, 1.807) is 0 Å². The van der Waals surface area contributed by atoms with Gasteiger partial charge in [0.15, 0.2) is 6.54 Å². The molecule has 2 aliphatic heterocycles. The van der Waals surface area contributed by atoms with Crippen LogP contribution in [0.1, 0.15) is 37.3 Å². The van der Waals surface area contributed by atoms with Crippen LogP contribution in [0.5, 0.6) is 0 Å². The predicted molar refractivity (Wildman–Crippen MR) is 97.5 cm³/mol. The Morgan fingerprint density at radius 1 is 1.04 bits per heavy atom. The summed E-state index contributed by atoms with van der Waals surface area (Å²) in [4.78, 5) is 2.31. The third kappa shape index (κ3) is 3.13. The van der Waals surface area contributed by atoms with Crippen molar-refractivity contribution in [1.82, 2.24) is 0 Å². The zero-order chi connectivity index (χ0) is 16.6. The van der Waals surface area contributed by atoms with E-state index in [1.165, 1.54) is 23.5 Å². The van der Waals surface area contributed by atoms with Gasteiger partial charge in [-0.15, -0.1) is 0 Å². The Morgan fingerprint density at radius 2 is 1.76 bits per heavy atom. The molecule has 3 nitrogen and oxygen atoms in total. The first-order valence-corrected chi connectivity index (χ1v) is 9.00. The summed E-state index contributed by atoms with van der Waals surface area (Å²) in [6.45, 7) is 3.69. The first-order chi connectivity index (χ1) is 11.7. The minimum absolute atomic E-state index is 0. The molecule has 0 amide bonds. The summed E-state index contributed by atoms with van der Waals surface area (Å²) in [5.41, 5.74) is 2.58. The van der Waals surface area contributed by atoms with Gasteiger partial charge < -0.3 is 22.1 Å². The smallest absolute Gasteiger partial charge is 0.271 e. The second-order valence-corrected chi connectivity index (χ2v) is 6.81. The van der Waals surface area contributed by atoms with Crippen LogP contribution in [0, 0.1) is 0 Å². The molecule has 0 saturated carbocycles.